The zero-order valence-electron chi connectivity index (χ0n) is 6.36. The first-order valence-electron chi connectivity index (χ1n) is 3.36. The molecule has 5 heteroatoms. The van der Waals surface area contributed by atoms with Crippen molar-refractivity contribution in [2.24, 2.45) is 5.84 Å². The van der Waals surface area contributed by atoms with Crippen molar-refractivity contribution >= 4 is 6.09 Å². The van der Waals surface area contributed by atoms with Gasteiger partial charge in [0.15, 0.2) is 0 Å². The number of aromatic nitrogens is 1. The number of rotatable bonds is 2. The number of carbonyl (C=O) groups is 1. The van der Waals surface area contributed by atoms with Crippen molar-refractivity contribution < 1.29 is 9.53 Å². The molecule has 0 fully saturated rings. The van der Waals surface area contributed by atoms with E-state index >= 15 is 0 Å². The van der Waals surface area contributed by atoms with Crippen molar-refractivity contribution in [1.29, 1.82) is 0 Å². The highest BCUT2D eigenvalue weighted by atomic mass is 16.5. The van der Waals surface area contributed by atoms with Crippen LogP contribution in [-0.2, 0) is 11.3 Å². The molecular formula is C7H9N3O2. The molecule has 1 aromatic rings. The standard InChI is InChI=1S/C7H9N3O2/c8-10-7(11)12-5-6-3-1-2-4-9-6/h1-4H,5,8H2,(H,10,11). The molecule has 0 bridgehead atoms. The fourth-order valence-corrected chi connectivity index (χ4v) is 0.665. The van der Waals surface area contributed by atoms with E-state index in [9.17, 15) is 4.79 Å². The SMILES string of the molecule is NNC(=O)OCc1ccccn1. The molecule has 0 saturated heterocycles. The Morgan fingerprint density at radius 1 is 1.67 bits per heavy atom. The first kappa shape index (κ1) is 8.48. The molecule has 0 aliphatic carbocycles. The maximum atomic E-state index is 10.5. The van der Waals surface area contributed by atoms with Crippen molar-refractivity contribution in [2.75, 3.05) is 0 Å². The summed E-state index contributed by atoms with van der Waals surface area (Å²) in [6.07, 6.45) is 0.958. The first-order valence-corrected chi connectivity index (χ1v) is 3.36. The average molecular weight is 167 g/mol. The predicted molar refractivity (Wildman–Crippen MR) is 41.7 cm³/mol. The van der Waals surface area contributed by atoms with E-state index in [2.05, 4.69) is 9.72 Å². The van der Waals surface area contributed by atoms with E-state index in [0.29, 0.717) is 5.69 Å². The van der Waals surface area contributed by atoms with Gasteiger partial charge in [0.1, 0.15) is 6.61 Å². The lowest BCUT2D eigenvalue weighted by atomic mass is 10.4. The van der Waals surface area contributed by atoms with Crippen molar-refractivity contribution in [1.82, 2.24) is 10.4 Å². The van der Waals surface area contributed by atoms with Crippen LogP contribution in [0.3, 0.4) is 0 Å². The Morgan fingerprint density at radius 3 is 3.08 bits per heavy atom. The molecule has 0 radical (unpaired) electrons. The van der Waals surface area contributed by atoms with E-state index in [4.69, 9.17) is 5.84 Å². The Labute approximate surface area is 69.5 Å². The second kappa shape index (κ2) is 4.30. The molecule has 0 aromatic carbocycles. The Kier molecular flexibility index (Phi) is 3.04. The second-order valence-electron chi connectivity index (χ2n) is 2.04. The van der Waals surface area contributed by atoms with Gasteiger partial charge in [-0.15, -0.1) is 0 Å². The van der Waals surface area contributed by atoms with Crippen LogP contribution >= 0.6 is 0 Å². The zero-order chi connectivity index (χ0) is 8.81. The molecule has 0 atom stereocenters. The van der Waals surface area contributed by atoms with Crippen LogP contribution in [0.25, 0.3) is 0 Å². The molecule has 0 unspecified atom stereocenters. The molecule has 1 aromatic heterocycles. The maximum Gasteiger partial charge on any atom is 0.421 e. The third-order valence-electron chi connectivity index (χ3n) is 1.20. The van der Waals surface area contributed by atoms with Gasteiger partial charge in [-0.25, -0.2) is 10.6 Å². The van der Waals surface area contributed by atoms with Gasteiger partial charge in [0.2, 0.25) is 0 Å². The average Bonchev–Trinajstić information content (AvgIpc) is 2.16. The van der Waals surface area contributed by atoms with Crippen molar-refractivity contribution in [3.8, 4) is 0 Å². The first-order chi connectivity index (χ1) is 5.83. The van der Waals surface area contributed by atoms with E-state index in [-0.39, 0.29) is 6.61 Å². The Balaban J connectivity index is 2.38. The van der Waals surface area contributed by atoms with Crippen LogP contribution in [0.4, 0.5) is 4.79 Å². The maximum absolute atomic E-state index is 10.5. The molecule has 3 N–H and O–H groups in total. The lowest BCUT2D eigenvalue weighted by Gasteiger charge is -2.01. The van der Waals surface area contributed by atoms with Gasteiger partial charge in [-0.3, -0.25) is 10.4 Å². The molecule has 1 rings (SSSR count). The molecular weight excluding hydrogens is 158 g/mol. The fraction of sp³-hybridized carbons (Fsp3) is 0.143. The summed E-state index contributed by atoms with van der Waals surface area (Å²) in [4.78, 5) is 14.4. The van der Waals surface area contributed by atoms with E-state index in [0.717, 1.165) is 0 Å². The van der Waals surface area contributed by atoms with Gasteiger partial charge in [0, 0.05) is 6.20 Å². The summed E-state index contributed by atoms with van der Waals surface area (Å²) < 4.78 is 4.64. The van der Waals surface area contributed by atoms with Crippen LogP contribution in [0.1, 0.15) is 5.69 Å². The summed E-state index contributed by atoms with van der Waals surface area (Å²) >= 11 is 0. The van der Waals surface area contributed by atoms with Crippen molar-refractivity contribution in [3.05, 3.63) is 30.1 Å². The molecule has 64 valence electrons. The topological polar surface area (TPSA) is 77.2 Å². The number of nitrogens with one attached hydrogen (secondary N) is 1. The third kappa shape index (κ3) is 2.55. The number of hydrogen-bond acceptors (Lipinski definition) is 4. The molecule has 0 aliphatic heterocycles. The van der Waals surface area contributed by atoms with Gasteiger partial charge in [-0.1, -0.05) is 6.07 Å². The van der Waals surface area contributed by atoms with Crippen molar-refractivity contribution in [2.45, 2.75) is 6.61 Å². The molecule has 0 aliphatic rings. The van der Waals surface area contributed by atoms with Gasteiger partial charge in [0.25, 0.3) is 0 Å². The normalized spacial score (nSPS) is 9.08. The van der Waals surface area contributed by atoms with Gasteiger partial charge < -0.3 is 4.74 Å². The highest BCUT2D eigenvalue weighted by Crippen LogP contribution is 1.95. The van der Waals surface area contributed by atoms with Crippen LogP contribution < -0.4 is 11.3 Å². The van der Waals surface area contributed by atoms with E-state index < -0.39 is 6.09 Å². The number of nitrogens with two attached hydrogens (primary N) is 1. The minimum atomic E-state index is -0.666. The summed E-state index contributed by atoms with van der Waals surface area (Å²) in [5.74, 6) is 4.79. The highest BCUT2D eigenvalue weighted by Gasteiger charge is 1.98. The summed E-state index contributed by atoms with van der Waals surface area (Å²) in [6.45, 7) is 0.129. The van der Waals surface area contributed by atoms with Gasteiger partial charge in [-0.2, -0.15) is 0 Å². The minimum absolute atomic E-state index is 0.129. The number of hydrazine groups is 1. The summed E-state index contributed by atoms with van der Waals surface area (Å²) in [7, 11) is 0. The van der Waals surface area contributed by atoms with Crippen LogP contribution in [0, 0.1) is 0 Å². The lowest BCUT2D eigenvalue weighted by molar-refractivity contribution is 0.138. The molecule has 0 spiro atoms. The van der Waals surface area contributed by atoms with Gasteiger partial charge in [-0.05, 0) is 12.1 Å². The van der Waals surface area contributed by atoms with Crippen LogP contribution in [-0.4, -0.2) is 11.1 Å². The van der Waals surface area contributed by atoms with E-state index in [1.54, 1.807) is 18.3 Å². The molecule has 0 saturated carbocycles. The number of ether oxygens (including phenoxy) is 1. The molecule has 5 nitrogen and oxygen atoms in total. The number of carbonyl (C=O) groups excluding carboxylic acids is 1. The zero-order valence-corrected chi connectivity index (χ0v) is 6.36. The number of amides is 1. The molecule has 1 amide bonds. The second-order valence-corrected chi connectivity index (χ2v) is 2.04. The van der Waals surface area contributed by atoms with Gasteiger partial charge in [0.05, 0.1) is 5.69 Å². The number of nitrogens with zero attached hydrogens (tertiary/aromatic N) is 1. The summed E-state index contributed by atoms with van der Waals surface area (Å²) in [5, 5.41) is 0. The lowest BCUT2D eigenvalue weighted by Crippen LogP contribution is -2.30. The molecule has 12 heavy (non-hydrogen) atoms. The van der Waals surface area contributed by atoms with Crippen LogP contribution in [0.2, 0.25) is 0 Å². The molecule has 1 heterocycles. The third-order valence-corrected chi connectivity index (χ3v) is 1.20. The smallest absolute Gasteiger partial charge is 0.421 e. The van der Waals surface area contributed by atoms with Crippen molar-refractivity contribution in [3.63, 3.8) is 0 Å². The summed E-state index contributed by atoms with van der Waals surface area (Å²) in [5.41, 5.74) is 2.53. The minimum Gasteiger partial charge on any atom is -0.442 e. The Hall–Kier alpha value is -1.62. The quantitative estimate of drug-likeness (QED) is 0.374. The fourth-order valence-electron chi connectivity index (χ4n) is 0.665. The monoisotopic (exact) mass is 167 g/mol. The largest absolute Gasteiger partial charge is 0.442 e. The summed E-state index contributed by atoms with van der Waals surface area (Å²) in [6, 6.07) is 5.35. The Morgan fingerprint density at radius 2 is 2.50 bits per heavy atom. The number of pyridine rings is 1. The number of hydrogen-bond donors (Lipinski definition) is 2. The van der Waals surface area contributed by atoms with Crippen LogP contribution in [0.15, 0.2) is 24.4 Å². The van der Waals surface area contributed by atoms with Crippen LogP contribution in [0.5, 0.6) is 0 Å². The van der Waals surface area contributed by atoms with E-state index in [1.165, 1.54) is 0 Å². The van der Waals surface area contributed by atoms with E-state index in [1.807, 2.05) is 11.5 Å². The highest BCUT2D eigenvalue weighted by molar-refractivity contribution is 5.66. The predicted octanol–water partition coefficient (Wildman–Crippen LogP) is 0.181. The Bertz CT molecular complexity index is 250. The van der Waals surface area contributed by atoms with Gasteiger partial charge >= 0.3 is 6.09 Å².